The van der Waals surface area contributed by atoms with Crippen molar-refractivity contribution in [2.24, 2.45) is 13.0 Å². The monoisotopic (exact) mass is 351 g/mol. The first-order chi connectivity index (χ1) is 12.7. The third-order valence-electron chi connectivity index (χ3n) is 5.39. The minimum absolute atomic E-state index is 0.282. The highest BCUT2D eigenvalue weighted by Crippen LogP contribution is 2.34. The molecule has 134 valence electrons. The van der Waals surface area contributed by atoms with Crippen molar-refractivity contribution in [1.29, 1.82) is 0 Å². The van der Waals surface area contributed by atoms with Gasteiger partial charge in [0.05, 0.1) is 11.9 Å². The summed E-state index contributed by atoms with van der Waals surface area (Å²) in [4.78, 5) is 14.3. The van der Waals surface area contributed by atoms with Crippen molar-refractivity contribution in [3.63, 3.8) is 0 Å². The number of hydrogen-bond acceptors (Lipinski definition) is 5. The topological polar surface area (TPSA) is 81.2 Å². The van der Waals surface area contributed by atoms with Crippen LogP contribution in [0.4, 0.5) is 0 Å². The molecule has 1 saturated carbocycles. The molecule has 1 aliphatic carbocycles. The fourth-order valence-corrected chi connectivity index (χ4v) is 3.71. The van der Waals surface area contributed by atoms with E-state index in [0.29, 0.717) is 11.8 Å². The van der Waals surface area contributed by atoms with Gasteiger partial charge in [-0.2, -0.15) is 14.7 Å². The summed E-state index contributed by atoms with van der Waals surface area (Å²) < 4.78 is 3.62. The van der Waals surface area contributed by atoms with Crippen LogP contribution in [0.15, 0.2) is 24.5 Å². The van der Waals surface area contributed by atoms with Crippen molar-refractivity contribution in [1.82, 2.24) is 34.5 Å². The van der Waals surface area contributed by atoms with Crippen LogP contribution in [0, 0.1) is 5.92 Å². The zero-order valence-corrected chi connectivity index (χ0v) is 14.7. The first-order valence-corrected chi connectivity index (χ1v) is 9.19. The van der Waals surface area contributed by atoms with Crippen molar-refractivity contribution in [2.45, 2.75) is 31.6 Å². The quantitative estimate of drug-likeness (QED) is 0.716. The number of aryl methyl sites for hydroxylation is 1. The molecule has 26 heavy (non-hydrogen) atoms. The zero-order valence-electron chi connectivity index (χ0n) is 14.7. The lowest BCUT2D eigenvalue weighted by Crippen LogP contribution is -2.39. The Labute approximate surface area is 150 Å². The first-order valence-electron chi connectivity index (χ1n) is 9.19. The van der Waals surface area contributed by atoms with E-state index in [2.05, 4.69) is 15.3 Å². The number of carbonyl (C=O) groups is 1. The molecule has 3 aromatic heterocycles. The van der Waals surface area contributed by atoms with E-state index in [-0.39, 0.29) is 5.92 Å². The average molecular weight is 351 g/mol. The molecule has 0 N–H and O–H groups in total. The van der Waals surface area contributed by atoms with Crippen LogP contribution in [0.25, 0.3) is 16.9 Å². The second-order valence-electron chi connectivity index (χ2n) is 7.32. The van der Waals surface area contributed by atoms with Gasteiger partial charge in [-0.25, -0.2) is 0 Å². The molecule has 5 rings (SSSR count). The Morgan fingerprint density at radius 2 is 1.92 bits per heavy atom. The lowest BCUT2D eigenvalue weighted by atomic mass is 9.96. The minimum Gasteiger partial charge on any atom is -0.342 e. The summed E-state index contributed by atoms with van der Waals surface area (Å²) in [5, 5.41) is 17.6. The first kappa shape index (κ1) is 15.5. The SMILES string of the molecule is Cn1cc(-c2ccc3nnc(C4CCN(C(=O)C5CC5)CC4)n3n2)cn1. The van der Waals surface area contributed by atoms with Crippen LogP contribution in [0.2, 0.25) is 0 Å². The van der Waals surface area contributed by atoms with Gasteiger partial charge in [-0.05, 0) is 37.8 Å². The molecule has 0 aromatic carbocycles. The highest BCUT2D eigenvalue weighted by atomic mass is 16.2. The molecule has 8 heteroatoms. The van der Waals surface area contributed by atoms with E-state index in [9.17, 15) is 4.79 Å². The van der Waals surface area contributed by atoms with Crippen LogP contribution in [0.1, 0.15) is 37.4 Å². The number of aromatic nitrogens is 6. The predicted octanol–water partition coefficient (Wildman–Crippen LogP) is 1.64. The van der Waals surface area contributed by atoms with Crippen molar-refractivity contribution >= 4 is 11.6 Å². The molecular weight excluding hydrogens is 330 g/mol. The van der Waals surface area contributed by atoms with Gasteiger partial charge >= 0.3 is 0 Å². The molecule has 2 aliphatic rings. The van der Waals surface area contributed by atoms with Gasteiger partial charge in [0.1, 0.15) is 0 Å². The number of rotatable bonds is 3. The fraction of sp³-hybridized carbons (Fsp3) is 0.500. The van der Waals surface area contributed by atoms with E-state index < -0.39 is 0 Å². The summed E-state index contributed by atoms with van der Waals surface area (Å²) in [7, 11) is 1.89. The molecule has 1 amide bonds. The second kappa shape index (κ2) is 5.89. The number of fused-ring (bicyclic) bond motifs is 1. The smallest absolute Gasteiger partial charge is 0.225 e. The Morgan fingerprint density at radius 1 is 1.12 bits per heavy atom. The van der Waals surface area contributed by atoms with Gasteiger partial charge in [0, 0.05) is 43.7 Å². The molecule has 3 aromatic rings. The van der Waals surface area contributed by atoms with E-state index >= 15 is 0 Å². The van der Waals surface area contributed by atoms with E-state index in [0.717, 1.165) is 61.5 Å². The molecule has 0 spiro atoms. The maximum absolute atomic E-state index is 12.2. The molecule has 1 aliphatic heterocycles. The van der Waals surface area contributed by atoms with E-state index in [1.807, 2.05) is 34.8 Å². The van der Waals surface area contributed by atoms with Gasteiger partial charge < -0.3 is 4.90 Å². The lowest BCUT2D eigenvalue weighted by molar-refractivity contribution is -0.133. The number of nitrogens with zero attached hydrogens (tertiary/aromatic N) is 7. The largest absolute Gasteiger partial charge is 0.342 e. The van der Waals surface area contributed by atoms with Gasteiger partial charge in [0.15, 0.2) is 11.5 Å². The van der Waals surface area contributed by atoms with Gasteiger partial charge in [0.25, 0.3) is 0 Å². The fourth-order valence-electron chi connectivity index (χ4n) is 3.71. The maximum Gasteiger partial charge on any atom is 0.225 e. The van der Waals surface area contributed by atoms with Gasteiger partial charge in [-0.1, -0.05) is 0 Å². The van der Waals surface area contributed by atoms with Crippen LogP contribution in [-0.4, -0.2) is 53.5 Å². The molecule has 0 radical (unpaired) electrons. The molecule has 2 fully saturated rings. The molecule has 0 unspecified atom stereocenters. The van der Waals surface area contributed by atoms with Crippen molar-refractivity contribution in [3.05, 3.63) is 30.4 Å². The van der Waals surface area contributed by atoms with Gasteiger partial charge in [-0.3, -0.25) is 9.48 Å². The predicted molar refractivity (Wildman–Crippen MR) is 94.3 cm³/mol. The van der Waals surface area contributed by atoms with Crippen molar-refractivity contribution < 1.29 is 4.79 Å². The number of likely N-dealkylation sites (tertiary alicyclic amines) is 1. The molecule has 8 nitrogen and oxygen atoms in total. The number of carbonyl (C=O) groups excluding carboxylic acids is 1. The standard InChI is InChI=1S/C18H21N7O/c1-23-11-14(10-19-23)15-4-5-16-20-21-17(25(16)22-15)12-6-8-24(9-7-12)18(26)13-2-3-13/h4-5,10-13H,2-3,6-9H2,1H3. The highest BCUT2D eigenvalue weighted by molar-refractivity contribution is 5.81. The maximum atomic E-state index is 12.2. The Kier molecular flexibility index (Phi) is 3.51. The van der Waals surface area contributed by atoms with Crippen LogP contribution in [0.3, 0.4) is 0 Å². The van der Waals surface area contributed by atoms with Crippen molar-refractivity contribution in [2.75, 3.05) is 13.1 Å². The summed E-state index contributed by atoms with van der Waals surface area (Å²) in [6, 6.07) is 3.89. The molecule has 4 heterocycles. The number of piperidine rings is 1. The summed E-state index contributed by atoms with van der Waals surface area (Å²) >= 11 is 0. The van der Waals surface area contributed by atoms with Crippen LogP contribution in [0.5, 0.6) is 0 Å². The Bertz CT molecular complexity index is 963. The van der Waals surface area contributed by atoms with Crippen LogP contribution in [-0.2, 0) is 11.8 Å². The third kappa shape index (κ3) is 2.65. The Morgan fingerprint density at radius 3 is 2.62 bits per heavy atom. The zero-order chi connectivity index (χ0) is 17.7. The van der Waals surface area contributed by atoms with E-state index in [1.54, 1.807) is 10.9 Å². The molecular formula is C18H21N7O. The highest BCUT2D eigenvalue weighted by Gasteiger charge is 2.35. The summed E-state index contributed by atoms with van der Waals surface area (Å²) in [5.74, 6) is 1.81. The molecule has 1 saturated heterocycles. The number of amides is 1. The van der Waals surface area contributed by atoms with Crippen molar-refractivity contribution in [3.8, 4) is 11.3 Å². The van der Waals surface area contributed by atoms with Crippen LogP contribution >= 0.6 is 0 Å². The summed E-state index contributed by atoms with van der Waals surface area (Å²) in [6.45, 7) is 1.61. The second-order valence-corrected chi connectivity index (χ2v) is 7.32. The molecule has 0 atom stereocenters. The van der Waals surface area contributed by atoms with E-state index in [1.165, 1.54) is 0 Å². The third-order valence-corrected chi connectivity index (χ3v) is 5.39. The van der Waals surface area contributed by atoms with Gasteiger partial charge in [0.2, 0.25) is 5.91 Å². The lowest BCUT2D eigenvalue weighted by Gasteiger charge is -2.31. The summed E-state index contributed by atoms with van der Waals surface area (Å²) in [6.07, 6.45) is 7.71. The van der Waals surface area contributed by atoms with Gasteiger partial charge in [-0.15, -0.1) is 10.2 Å². The number of hydrogen-bond donors (Lipinski definition) is 0. The average Bonchev–Trinajstić information content (AvgIpc) is 3.29. The Balaban J connectivity index is 1.39. The normalized spacial score (nSPS) is 18.6. The molecule has 0 bridgehead atoms. The van der Waals surface area contributed by atoms with Crippen LogP contribution < -0.4 is 0 Å². The Hall–Kier alpha value is -2.77. The van der Waals surface area contributed by atoms with E-state index in [4.69, 9.17) is 5.10 Å². The summed E-state index contributed by atoms with van der Waals surface area (Å²) in [5.41, 5.74) is 2.58. The minimum atomic E-state index is 0.282.